The second-order valence-corrected chi connectivity index (χ2v) is 5.47. The summed E-state index contributed by atoms with van der Waals surface area (Å²) in [5.74, 6) is -0.200. The van der Waals surface area contributed by atoms with Gasteiger partial charge >= 0.3 is 5.97 Å². The normalized spacial score (nSPS) is 13.1. The van der Waals surface area contributed by atoms with Gasteiger partial charge in [-0.25, -0.2) is 4.79 Å². The molecule has 1 unspecified atom stereocenters. The molecule has 1 aromatic rings. The molecule has 1 N–H and O–H groups in total. The first-order chi connectivity index (χ1) is 8.80. The highest BCUT2D eigenvalue weighted by molar-refractivity contribution is 5.71. The lowest BCUT2D eigenvalue weighted by atomic mass is 9.87. The van der Waals surface area contributed by atoms with E-state index in [0.717, 1.165) is 5.75 Å². The van der Waals surface area contributed by atoms with Crippen LogP contribution in [0.4, 0.5) is 0 Å². The van der Waals surface area contributed by atoms with Crippen LogP contribution in [0.25, 0.3) is 0 Å². The van der Waals surface area contributed by atoms with Gasteiger partial charge in [-0.2, -0.15) is 0 Å². The maximum atomic E-state index is 10.5. The van der Waals surface area contributed by atoms with E-state index in [1.54, 1.807) is 0 Å². The van der Waals surface area contributed by atoms with Gasteiger partial charge in [0.1, 0.15) is 12.4 Å². The molecule has 0 bridgehead atoms. The number of carboxylic acid groups (broad SMARTS) is 1. The number of aliphatic carboxylic acids is 1. The summed E-state index contributed by atoms with van der Waals surface area (Å²) in [5.41, 5.74) is 1.37. The van der Waals surface area contributed by atoms with E-state index in [1.807, 2.05) is 24.3 Å². The molecule has 0 saturated carbocycles. The van der Waals surface area contributed by atoms with Crippen LogP contribution < -0.4 is 4.74 Å². The van der Waals surface area contributed by atoms with Crippen molar-refractivity contribution >= 4 is 5.97 Å². The molecule has 19 heavy (non-hydrogen) atoms. The predicted molar refractivity (Wildman–Crippen MR) is 73.7 cm³/mol. The van der Waals surface area contributed by atoms with Crippen molar-refractivity contribution in [2.45, 2.75) is 39.2 Å². The van der Waals surface area contributed by atoms with Gasteiger partial charge in [0.15, 0.2) is 6.10 Å². The van der Waals surface area contributed by atoms with Crippen molar-refractivity contribution < 1.29 is 19.4 Å². The standard InChI is InChI=1S/C15H22O4/c1-11(14(16)17)18-9-10-19-13-7-5-12(6-8-13)15(2,3)4/h5-8,11H,9-10H2,1-4H3,(H,16,17). The van der Waals surface area contributed by atoms with Crippen molar-refractivity contribution in [3.63, 3.8) is 0 Å². The zero-order valence-corrected chi connectivity index (χ0v) is 12.0. The Labute approximate surface area is 114 Å². The van der Waals surface area contributed by atoms with Gasteiger partial charge < -0.3 is 14.6 Å². The van der Waals surface area contributed by atoms with Crippen LogP contribution >= 0.6 is 0 Å². The maximum Gasteiger partial charge on any atom is 0.332 e. The minimum absolute atomic E-state index is 0.124. The van der Waals surface area contributed by atoms with Crippen molar-refractivity contribution in [2.24, 2.45) is 0 Å². The van der Waals surface area contributed by atoms with E-state index in [9.17, 15) is 4.79 Å². The van der Waals surface area contributed by atoms with Gasteiger partial charge in [0.2, 0.25) is 0 Å². The van der Waals surface area contributed by atoms with E-state index < -0.39 is 12.1 Å². The first-order valence-corrected chi connectivity index (χ1v) is 6.38. The number of benzene rings is 1. The minimum Gasteiger partial charge on any atom is -0.491 e. The van der Waals surface area contributed by atoms with Crippen LogP contribution in [0.15, 0.2) is 24.3 Å². The third-order valence-electron chi connectivity index (χ3n) is 2.79. The maximum absolute atomic E-state index is 10.5. The molecule has 0 spiro atoms. The molecule has 106 valence electrons. The number of hydrogen-bond donors (Lipinski definition) is 1. The van der Waals surface area contributed by atoms with E-state index in [0.29, 0.717) is 6.61 Å². The van der Waals surface area contributed by atoms with Gasteiger partial charge in [-0.3, -0.25) is 0 Å². The lowest BCUT2D eigenvalue weighted by Gasteiger charge is -2.19. The molecule has 0 aromatic heterocycles. The SMILES string of the molecule is CC(OCCOc1ccc(C(C)(C)C)cc1)C(=O)O. The third-order valence-corrected chi connectivity index (χ3v) is 2.79. The molecule has 0 aliphatic heterocycles. The molecular formula is C15H22O4. The molecule has 0 aliphatic carbocycles. The van der Waals surface area contributed by atoms with Crippen molar-refractivity contribution in [3.8, 4) is 5.75 Å². The van der Waals surface area contributed by atoms with Gasteiger partial charge in [0.05, 0.1) is 6.61 Å². The summed E-state index contributed by atoms with van der Waals surface area (Å²) in [5, 5.41) is 8.64. The van der Waals surface area contributed by atoms with Gasteiger partial charge in [0.25, 0.3) is 0 Å². The van der Waals surface area contributed by atoms with Crippen molar-refractivity contribution in [1.82, 2.24) is 0 Å². The third kappa shape index (κ3) is 5.30. The minimum atomic E-state index is -0.963. The van der Waals surface area contributed by atoms with E-state index >= 15 is 0 Å². The largest absolute Gasteiger partial charge is 0.491 e. The number of carboxylic acids is 1. The molecule has 0 fully saturated rings. The lowest BCUT2D eigenvalue weighted by Crippen LogP contribution is -2.22. The topological polar surface area (TPSA) is 55.8 Å². The van der Waals surface area contributed by atoms with Crippen LogP contribution in [0.5, 0.6) is 5.75 Å². The smallest absolute Gasteiger partial charge is 0.332 e. The van der Waals surface area contributed by atoms with Crippen molar-refractivity contribution in [2.75, 3.05) is 13.2 Å². The lowest BCUT2D eigenvalue weighted by molar-refractivity contribution is -0.149. The molecule has 0 amide bonds. The monoisotopic (exact) mass is 266 g/mol. The second-order valence-electron chi connectivity index (χ2n) is 5.47. The molecule has 0 radical (unpaired) electrons. The van der Waals surface area contributed by atoms with Crippen molar-refractivity contribution in [3.05, 3.63) is 29.8 Å². The Balaban J connectivity index is 2.37. The summed E-state index contributed by atoms with van der Waals surface area (Å²) in [6, 6.07) is 7.91. The Morgan fingerprint density at radius 2 is 1.79 bits per heavy atom. The second kappa shape index (κ2) is 6.57. The summed E-state index contributed by atoms with van der Waals surface area (Å²) in [6.45, 7) is 8.57. The molecule has 1 aromatic carbocycles. The van der Waals surface area contributed by atoms with Gasteiger partial charge in [-0.15, -0.1) is 0 Å². The molecule has 4 heteroatoms. The van der Waals surface area contributed by atoms with E-state index in [2.05, 4.69) is 20.8 Å². The summed E-state index contributed by atoms with van der Waals surface area (Å²) in [7, 11) is 0. The first-order valence-electron chi connectivity index (χ1n) is 6.38. The number of ether oxygens (including phenoxy) is 2. The van der Waals surface area contributed by atoms with Crippen molar-refractivity contribution in [1.29, 1.82) is 0 Å². The highest BCUT2D eigenvalue weighted by Crippen LogP contribution is 2.24. The Hall–Kier alpha value is -1.55. The van der Waals surface area contributed by atoms with Crippen LogP contribution in [0.2, 0.25) is 0 Å². The van der Waals surface area contributed by atoms with E-state index in [-0.39, 0.29) is 12.0 Å². The van der Waals surface area contributed by atoms with Crippen LogP contribution in [0.3, 0.4) is 0 Å². The van der Waals surface area contributed by atoms with Gasteiger partial charge in [0, 0.05) is 0 Å². The highest BCUT2D eigenvalue weighted by atomic mass is 16.5. The fourth-order valence-electron chi connectivity index (χ4n) is 1.51. The van der Waals surface area contributed by atoms with Crippen LogP contribution in [0, 0.1) is 0 Å². The predicted octanol–water partition coefficient (Wildman–Crippen LogP) is 2.85. The molecule has 1 atom stereocenters. The quantitative estimate of drug-likeness (QED) is 0.804. The van der Waals surface area contributed by atoms with Crippen LogP contribution in [-0.4, -0.2) is 30.4 Å². The first kappa shape index (κ1) is 15.5. The summed E-state index contributed by atoms with van der Waals surface area (Å²) in [6.07, 6.45) is -0.799. The van der Waals surface area contributed by atoms with Crippen LogP contribution in [-0.2, 0) is 14.9 Å². The average Bonchev–Trinajstić information content (AvgIpc) is 2.33. The Morgan fingerprint density at radius 1 is 1.21 bits per heavy atom. The molecule has 0 aliphatic rings. The molecule has 1 rings (SSSR count). The van der Waals surface area contributed by atoms with E-state index in [1.165, 1.54) is 12.5 Å². The summed E-state index contributed by atoms with van der Waals surface area (Å²) >= 11 is 0. The Kier molecular flexibility index (Phi) is 5.36. The summed E-state index contributed by atoms with van der Waals surface area (Å²) in [4.78, 5) is 10.5. The number of rotatable bonds is 6. The molecule has 0 saturated heterocycles. The van der Waals surface area contributed by atoms with Gasteiger partial charge in [-0.1, -0.05) is 32.9 Å². The number of carbonyl (C=O) groups is 1. The van der Waals surface area contributed by atoms with Crippen LogP contribution in [0.1, 0.15) is 33.3 Å². The van der Waals surface area contributed by atoms with Gasteiger partial charge in [-0.05, 0) is 30.0 Å². The highest BCUT2D eigenvalue weighted by Gasteiger charge is 2.13. The zero-order chi connectivity index (χ0) is 14.5. The van der Waals surface area contributed by atoms with E-state index in [4.69, 9.17) is 14.6 Å². The molecule has 4 nitrogen and oxygen atoms in total. The average molecular weight is 266 g/mol. The fraction of sp³-hybridized carbons (Fsp3) is 0.533. The molecular weight excluding hydrogens is 244 g/mol. The Morgan fingerprint density at radius 3 is 2.26 bits per heavy atom. The zero-order valence-electron chi connectivity index (χ0n) is 12.0. The molecule has 0 heterocycles. The number of hydrogen-bond acceptors (Lipinski definition) is 3. The fourth-order valence-corrected chi connectivity index (χ4v) is 1.51. The Bertz CT molecular complexity index is 403. The summed E-state index contributed by atoms with van der Waals surface area (Å²) < 4.78 is 10.6.